The van der Waals surface area contributed by atoms with Crippen molar-refractivity contribution in [3.05, 3.63) is 29.3 Å². The van der Waals surface area contributed by atoms with Crippen LogP contribution in [0.2, 0.25) is 0 Å². The number of aromatic carboxylic acids is 1. The van der Waals surface area contributed by atoms with E-state index in [2.05, 4.69) is 0 Å². The van der Waals surface area contributed by atoms with Gasteiger partial charge in [0.05, 0.1) is 17.0 Å². The lowest BCUT2D eigenvalue weighted by Gasteiger charge is -2.30. The second-order valence-corrected chi connectivity index (χ2v) is 6.41. The number of benzene rings is 1. The average molecular weight is 269 g/mol. The predicted octanol–water partition coefficient (Wildman–Crippen LogP) is 1.49. The van der Waals surface area contributed by atoms with E-state index in [-0.39, 0.29) is 11.3 Å². The van der Waals surface area contributed by atoms with E-state index in [4.69, 9.17) is 5.11 Å². The molecule has 5 nitrogen and oxygen atoms in total. The van der Waals surface area contributed by atoms with Crippen LogP contribution < -0.4 is 4.31 Å². The molecule has 0 unspecified atom stereocenters. The van der Waals surface area contributed by atoms with Crippen molar-refractivity contribution in [1.82, 2.24) is 0 Å². The molecule has 0 amide bonds. The molecule has 0 aliphatic carbocycles. The Kier molecular flexibility index (Phi) is 3.30. The van der Waals surface area contributed by atoms with E-state index in [0.717, 1.165) is 18.4 Å². The number of hydrogen-bond donors (Lipinski definition) is 1. The van der Waals surface area contributed by atoms with Crippen LogP contribution in [0.1, 0.15) is 29.3 Å². The summed E-state index contributed by atoms with van der Waals surface area (Å²) in [6.45, 7) is 2.01. The van der Waals surface area contributed by atoms with Gasteiger partial charge in [0.25, 0.3) is 0 Å². The Hall–Kier alpha value is -1.56. The molecule has 0 aromatic heterocycles. The van der Waals surface area contributed by atoms with Gasteiger partial charge in [-0.2, -0.15) is 0 Å². The molecule has 1 heterocycles. The number of rotatable bonds is 3. The summed E-state index contributed by atoms with van der Waals surface area (Å²) in [6, 6.07) is 4.67. The number of nitrogens with zero attached hydrogens (tertiary/aromatic N) is 1. The van der Waals surface area contributed by atoms with Crippen molar-refractivity contribution in [2.75, 3.05) is 16.6 Å². The number of hydrogen-bond acceptors (Lipinski definition) is 3. The molecule has 1 N–H and O–H groups in total. The molecule has 18 heavy (non-hydrogen) atoms. The van der Waals surface area contributed by atoms with Crippen LogP contribution in [-0.2, 0) is 16.4 Å². The van der Waals surface area contributed by atoms with Crippen molar-refractivity contribution in [1.29, 1.82) is 0 Å². The maximum absolute atomic E-state index is 12.0. The number of sulfonamides is 1. The van der Waals surface area contributed by atoms with Crippen LogP contribution >= 0.6 is 0 Å². The topological polar surface area (TPSA) is 74.7 Å². The highest BCUT2D eigenvalue weighted by Crippen LogP contribution is 2.30. The fraction of sp³-hybridized carbons (Fsp3) is 0.417. The molecular weight excluding hydrogens is 254 g/mol. The van der Waals surface area contributed by atoms with E-state index in [9.17, 15) is 13.2 Å². The van der Waals surface area contributed by atoms with Gasteiger partial charge < -0.3 is 5.11 Å². The van der Waals surface area contributed by atoms with Crippen LogP contribution in [-0.4, -0.2) is 31.8 Å². The maximum atomic E-state index is 12.0. The monoisotopic (exact) mass is 269 g/mol. The Morgan fingerprint density at radius 3 is 2.78 bits per heavy atom. The van der Waals surface area contributed by atoms with Crippen molar-refractivity contribution in [2.24, 2.45) is 0 Å². The summed E-state index contributed by atoms with van der Waals surface area (Å²) in [5.74, 6) is -1.03. The van der Waals surface area contributed by atoms with Crippen LogP contribution in [0, 0.1) is 0 Å². The minimum Gasteiger partial charge on any atom is -0.478 e. The summed E-state index contributed by atoms with van der Waals surface area (Å²) in [5, 5.41) is 8.96. The van der Waals surface area contributed by atoms with Crippen molar-refractivity contribution in [2.45, 2.75) is 19.8 Å². The third-order valence-electron chi connectivity index (χ3n) is 3.11. The molecule has 0 atom stereocenters. The zero-order valence-corrected chi connectivity index (χ0v) is 10.9. The Labute approximate surface area is 106 Å². The molecule has 1 aromatic carbocycles. The molecule has 2 rings (SSSR count). The Bertz CT molecular complexity index is 580. The molecule has 1 aromatic rings. The van der Waals surface area contributed by atoms with E-state index in [0.29, 0.717) is 12.2 Å². The number of anilines is 1. The normalized spacial score (nSPS) is 15.3. The van der Waals surface area contributed by atoms with E-state index >= 15 is 0 Å². The minimum atomic E-state index is -3.34. The Balaban J connectivity index is 2.54. The van der Waals surface area contributed by atoms with Crippen LogP contribution in [0.3, 0.4) is 0 Å². The summed E-state index contributed by atoms with van der Waals surface area (Å²) >= 11 is 0. The summed E-state index contributed by atoms with van der Waals surface area (Å²) in [6.07, 6.45) is 1.55. The molecule has 0 bridgehead atoms. The van der Waals surface area contributed by atoms with Gasteiger partial charge in [-0.25, -0.2) is 13.2 Å². The van der Waals surface area contributed by atoms with Crippen molar-refractivity contribution < 1.29 is 18.3 Å². The largest absolute Gasteiger partial charge is 0.478 e. The molecule has 0 saturated heterocycles. The zero-order chi connectivity index (χ0) is 13.3. The van der Waals surface area contributed by atoms with Crippen molar-refractivity contribution >= 4 is 21.7 Å². The fourth-order valence-corrected chi connectivity index (χ4v) is 3.31. The second kappa shape index (κ2) is 4.61. The molecule has 6 heteroatoms. The van der Waals surface area contributed by atoms with Gasteiger partial charge in [0.1, 0.15) is 0 Å². The number of fused-ring (bicyclic) bond motifs is 1. The number of aryl methyl sites for hydroxylation is 1. The van der Waals surface area contributed by atoms with Gasteiger partial charge >= 0.3 is 5.97 Å². The molecule has 0 fully saturated rings. The van der Waals surface area contributed by atoms with Crippen molar-refractivity contribution in [3.63, 3.8) is 0 Å². The SMILES string of the molecule is CCS(=O)(=O)N1CCCc2ccc(C(=O)O)cc21. The summed E-state index contributed by atoms with van der Waals surface area (Å²) in [5.41, 5.74) is 1.53. The number of carboxylic acid groups (broad SMARTS) is 1. The number of carboxylic acids is 1. The zero-order valence-electron chi connectivity index (χ0n) is 10.1. The molecular formula is C12H15NO4S. The van der Waals surface area contributed by atoms with Gasteiger partial charge in [0, 0.05) is 6.54 Å². The van der Waals surface area contributed by atoms with E-state index in [1.807, 2.05) is 0 Å². The standard InChI is InChI=1S/C12H15NO4S/c1-2-18(16,17)13-7-3-4-9-5-6-10(12(14)15)8-11(9)13/h5-6,8H,2-4,7H2,1H3,(H,14,15). The summed E-state index contributed by atoms with van der Waals surface area (Å²) in [4.78, 5) is 10.9. The molecule has 98 valence electrons. The van der Waals surface area contributed by atoms with Gasteiger partial charge in [-0.15, -0.1) is 0 Å². The molecule has 0 saturated carbocycles. The van der Waals surface area contributed by atoms with Gasteiger partial charge in [0.2, 0.25) is 10.0 Å². The first-order chi connectivity index (χ1) is 8.45. The molecule has 0 radical (unpaired) electrons. The number of carbonyl (C=O) groups is 1. The molecule has 1 aliphatic rings. The summed E-state index contributed by atoms with van der Waals surface area (Å²) in [7, 11) is -3.34. The highest BCUT2D eigenvalue weighted by Gasteiger charge is 2.26. The van der Waals surface area contributed by atoms with E-state index < -0.39 is 16.0 Å². The average Bonchev–Trinajstić information content (AvgIpc) is 2.37. The van der Waals surface area contributed by atoms with Crippen molar-refractivity contribution in [3.8, 4) is 0 Å². The third kappa shape index (κ3) is 2.20. The van der Waals surface area contributed by atoms with Crippen LogP contribution in [0.4, 0.5) is 5.69 Å². The van der Waals surface area contributed by atoms with Gasteiger partial charge in [-0.05, 0) is 37.5 Å². The van der Waals surface area contributed by atoms with E-state index in [1.165, 1.54) is 16.4 Å². The van der Waals surface area contributed by atoms with Crippen LogP contribution in [0.25, 0.3) is 0 Å². The maximum Gasteiger partial charge on any atom is 0.335 e. The smallest absolute Gasteiger partial charge is 0.335 e. The predicted molar refractivity (Wildman–Crippen MR) is 68.5 cm³/mol. The van der Waals surface area contributed by atoms with Gasteiger partial charge in [0.15, 0.2) is 0 Å². The lowest BCUT2D eigenvalue weighted by atomic mass is 10.0. The second-order valence-electron chi connectivity index (χ2n) is 4.22. The fourth-order valence-electron chi connectivity index (χ4n) is 2.12. The third-order valence-corrected chi connectivity index (χ3v) is 4.89. The minimum absolute atomic E-state index is 0.0176. The lowest BCUT2D eigenvalue weighted by molar-refractivity contribution is 0.0697. The summed E-state index contributed by atoms with van der Waals surface area (Å²) < 4.78 is 25.3. The first kappa shape index (κ1) is 12.9. The highest BCUT2D eigenvalue weighted by molar-refractivity contribution is 7.92. The van der Waals surface area contributed by atoms with Crippen LogP contribution in [0.5, 0.6) is 0 Å². The highest BCUT2D eigenvalue weighted by atomic mass is 32.2. The molecule has 0 spiro atoms. The lowest BCUT2D eigenvalue weighted by Crippen LogP contribution is -2.36. The van der Waals surface area contributed by atoms with Gasteiger partial charge in [-0.3, -0.25) is 4.31 Å². The van der Waals surface area contributed by atoms with E-state index in [1.54, 1.807) is 13.0 Å². The molecule has 1 aliphatic heterocycles. The first-order valence-corrected chi connectivity index (χ1v) is 7.43. The van der Waals surface area contributed by atoms with Gasteiger partial charge in [-0.1, -0.05) is 6.07 Å². The van der Waals surface area contributed by atoms with Crippen LogP contribution in [0.15, 0.2) is 18.2 Å². The first-order valence-electron chi connectivity index (χ1n) is 5.82. The Morgan fingerprint density at radius 1 is 1.44 bits per heavy atom. The quantitative estimate of drug-likeness (QED) is 0.902. The Morgan fingerprint density at radius 2 is 2.17 bits per heavy atom.